The summed E-state index contributed by atoms with van der Waals surface area (Å²) in [4.78, 5) is 25.4. The van der Waals surface area contributed by atoms with Crippen LogP contribution in [0.2, 0.25) is 0 Å². The van der Waals surface area contributed by atoms with Crippen LogP contribution in [0.1, 0.15) is 252 Å². The second-order valence-electron chi connectivity index (χ2n) is 17.4. The fraction of sp³-hybridized carbons (Fsp3) is 0.754. The quantitative estimate of drug-likeness (QED) is 0.0346. The number of hydrogen-bond acceptors (Lipinski definition) is 5. The van der Waals surface area contributed by atoms with Crippen LogP contribution in [0.15, 0.2) is 72.9 Å². The fourth-order valence-corrected chi connectivity index (χ4v) is 7.33. The van der Waals surface area contributed by atoms with Crippen molar-refractivity contribution in [3.8, 4) is 0 Å². The molecule has 0 N–H and O–H groups in total. The van der Waals surface area contributed by atoms with Gasteiger partial charge in [-0.25, -0.2) is 0 Å². The minimum Gasteiger partial charge on any atom is -0.462 e. The van der Waals surface area contributed by atoms with Gasteiger partial charge >= 0.3 is 11.9 Å². The molecule has 358 valence electrons. The molecule has 1 atom stereocenters. The lowest BCUT2D eigenvalue weighted by Gasteiger charge is -2.18. The second kappa shape index (κ2) is 52.7. The minimum atomic E-state index is -0.575. The molecule has 5 nitrogen and oxygen atoms in total. The summed E-state index contributed by atoms with van der Waals surface area (Å²) >= 11 is 0. The highest BCUT2D eigenvalue weighted by atomic mass is 16.6. The van der Waals surface area contributed by atoms with Gasteiger partial charge in [0.15, 0.2) is 6.10 Å². The Labute approximate surface area is 385 Å². The van der Waals surface area contributed by atoms with Gasteiger partial charge in [0.05, 0.1) is 13.2 Å². The van der Waals surface area contributed by atoms with Crippen LogP contribution in [0.25, 0.3) is 0 Å². The molecule has 0 fully saturated rings. The van der Waals surface area contributed by atoms with E-state index in [1.807, 2.05) is 0 Å². The standard InChI is InChI=1S/C57H100O5/c1-4-7-10-13-16-19-22-24-26-28-29-30-31-33-36-38-41-44-47-50-56(58)61-54-55(62-57(59)51-48-45-42-39-35-21-18-15-12-9-6-3)53-60-52-49-46-43-40-37-34-32-27-25-23-20-17-14-11-8-5-2/h8,11,17,20,24-27,34,37,43,46,55H,4-7,9-10,12-16,18-19,21-23,28-33,35-36,38-42,44-45,47-54H2,1-3H3/b11-8-,20-17-,26-24-,27-25-,37-34-,46-43-. The largest absolute Gasteiger partial charge is 0.462 e. The van der Waals surface area contributed by atoms with Crippen molar-refractivity contribution in [1.29, 1.82) is 0 Å². The van der Waals surface area contributed by atoms with Crippen molar-refractivity contribution in [1.82, 2.24) is 0 Å². The van der Waals surface area contributed by atoms with Gasteiger partial charge in [-0.3, -0.25) is 9.59 Å². The SMILES string of the molecule is CC/C=C\C/C=C\C/C=C\C/C=C\C/C=C\CCOCC(COC(=O)CCCCCCCCCCC/C=C\CCCCCCCC)OC(=O)CCCCCCCCCCCCC. The molecule has 1 unspecified atom stereocenters. The lowest BCUT2D eigenvalue weighted by atomic mass is 10.1. The van der Waals surface area contributed by atoms with Crippen LogP contribution in [0.5, 0.6) is 0 Å². The first-order valence-corrected chi connectivity index (χ1v) is 26.5. The number of hydrogen-bond donors (Lipinski definition) is 0. The summed E-state index contributed by atoms with van der Waals surface area (Å²) in [6, 6.07) is 0. The molecular formula is C57H100O5. The molecule has 0 heterocycles. The van der Waals surface area contributed by atoms with Crippen molar-refractivity contribution in [3.63, 3.8) is 0 Å². The van der Waals surface area contributed by atoms with E-state index in [9.17, 15) is 9.59 Å². The van der Waals surface area contributed by atoms with Crippen molar-refractivity contribution in [2.75, 3.05) is 19.8 Å². The van der Waals surface area contributed by atoms with Crippen molar-refractivity contribution >= 4 is 11.9 Å². The van der Waals surface area contributed by atoms with Crippen molar-refractivity contribution in [2.24, 2.45) is 0 Å². The van der Waals surface area contributed by atoms with Crippen LogP contribution >= 0.6 is 0 Å². The Hall–Kier alpha value is -2.66. The number of carbonyl (C=O) groups excluding carboxylic acids is 2. The van der Waals surface area contributed by atoms with Crippen LogP contribution in [0.4, 0.5) is 0 Å². The third kappa shape index (κ3) is 50.0. The Balaban J connectivity index is 4.30. The number of rotatable bonds is 48. The lowest BCUT2D eigenvalue weighted by molar-refractivity contribution is -0.162. The van der Waals surface area contributed by atoms with Gasteiger partial charge in [0.25, 0.3) is 0 Å². The Kier molecular flexibility index (Phi) is 50.4. The first kappa shape index (κ1) is 59.3. The van der Waals surface area contributed by atoms with Gasteiger partial charge in [-0.15, -0.1) is 0 Å². The molecular weight excluding hydrogens is 765 g/mol. The number of allylic oxidation sites excluding steroid dienone is 11. The molecule has 0 radical (unpaired) electrons. The molecule has 0 saturated carbocycles. The summed E-state index contributed by atoms with van der Waals surface area (Å²) in [6.45, 7) is 7.51. The summed E-state index contributed by atoms with van der Waals surface area (Å²) in [5.41, 5.74) is 0. The first-order valence-electron chi connectivity index (χ1n) is 26.5. The summed E-state index contributed by atoms with van der Waals surface area (Å²) in [5, 5.41) is 0. The average molecular weight is 865 g/mol. The molecule has 0 aromatic carbocycles. The molecule has 5 heteroatoms. The van der Waals surface area contributed by atoms with E-state index in [1.165, 1.54) is 154 Å². The van der Waals surface area contributed by atoms with E-state index in [2.05, 4.69) is 93.7 Å². The van der Waals surface area contributed by atoms with E-state index < -0.39 is 6.10 Å². The summed E-state index contributed by atoms with van der Waals surface area (Å²) < 4.78 is 17.3. The Bertz CT molecular complexity index is 1110. The first-order chi connectivity index (χ1) is 30.6. The van der Waals surface area contributed by atoms with Crippen molar-refractivity contribution in [2.45, 2.75) is 258 Å². The van der Waals surface area contributed by atoms with Crippen molar-refractivity contribution < 1.29 is 23.8 Å². The molecule has 0 amide bonds. The van der Waals surface area contributed by atoms with E-state index in [1.54, 1.807) is 0 Å². The molecule has 0 rings (SSSR count). The van der Waals surface area contributed by atoms with Crippen LogP contribution in [0.3, 0.4) is 0 Å². The maximum atomic E-state index is 12.8. The third-order valence-corrected chi connectivity index (χ3v) is 11.2. The van der Waals surface area contributed by atoms with E-state index in [0.717, 1.165) is 64.2 Å². The Morgan fingerprint density at radius 2 is 0.726 bits per heavy atom. The monoisotopic (exact) mass is 865 g/mol. The van der Waals surface area contributed by atoms with Gasteiger partial charge in [-0.05, 0) is 77.0 Å². The maximum absolute atomic E-state index is 12.8. The number of unbranched alkanes of at least 4 members (excludes halogenated alkanes) is 25. The van der Waals surface area contributed by atoms with Crippen molar-refractivity contribution in [3.05, 3.63) is 72.9 Å². The molecule has 0 saturated heterocycles. The summed E-state index contributed by atoms with van der Waals surface area (Å²) in [6.07, 6.45) is 67.9. The second-order valence-corrected chi connectivity index (χ2v) is 17.4. The van der Waals surface area contributed by atoms with Crippen LogP contribution in [-0.4, -0.2) is 37.9 Å². The molecule has 0 aliphatic heterocycles. The molecule has 62 heavy (non-hydrogen) atoms. The highest BCUT2D eigenvalue weighted by Gasteiger charge is 2.17. The van der Waals surface area contributed by atoms with Crippen LogP contribution in [-0.2, 0) is 23.8 Å². The topological polar surface area (TPSA) is 61.8 Å². The summed E-state index contributed by atoms with van der Waals surface area (Å²) in [5.74, 6) is -0.435. The summed E-state index contributed by atoms with van der Waals surface area (Å²) in [7, 11) is 0. The fourth-order valence-electron chi connectivity index (χ4n) is 7.33. The third-order valence-electron chi connectivity index (χ3n) is 11.2. The average Bonchev–Trinajstić information content (AvgIpc) is 3.27. The molecule has 0 aliphatic rings. The molecule has 0 aromatic heterocycles. The molecule has 0 aromatic rings. The molecule has 0 spiro atoms. The number of esters is 2. The van der Waals surface area contributed by atoms with E-state index in [-0.39, 0.29) is 25.2 Å². The Morgan fingerprint density at radius 3 is 1.16 bits per heavy atom. The van der Waals surface area contributed by atoms with E-state index in [0.29, 0.717) is 19.4 Å². The smallest absolute Gasteiger partial charge is 0.306 e. The van der Waals surface area contributed by atoms with Crippen LogP contribution in [0, 0.1) is 0 Å². The van der Waals surface area contributed by atoms with Gasteiger partial charge in [0, 0.05) is 12.8 Å². The van der Waals surface area contributed by atoms with Gasteiger partial charge in [-0.1, -0.05) is 235 Å². The normalized spacial score (nSPS) is 12.8. The van der Waals surface area contributed by atoms with Gasteiger partial charge in [-0.2, -0.15) is 0 Å². The zero-order valence-electron chi connectivity index (χ0n) is 41.1. The highest BCUT2D eigenvalue weighted by molar-refractivity contribution is 5.70. The van der Waals surface area contributed by atoms with Crippen LogP contribution < -0.4 is 0 Å². The predicted octanol–water partition coefficient (Wildman–Crippen LogP) is 17.9. The minimum absolute atomic E-state index is 0.0550. The zero-order chi connectivity index (χ0) is 44.9. The Morgan fingerprint density at radius 1 is 0.371 bits per heavy atom. The van der Waals surface area contributed by atoms with Gasteiger partial charge < -0.3 is 14.2 Å². The number of ether oxygens (including phenoxy) is 3. The van der Waals surface area contributed by atoms with Gasteiger partial charge in [0.1, 0.15) is 6.61 Å². The molecule has 0 bridgehead atoms. The van der Waals surface area contributed by atoms with Gasteiger partial charge in [0.2, 0.25) is 0 Å². The maximum Gasteiger partial charge on any atom is 0.306 e. The lowest BCUT2D eigenvalue weighted by Crippen LogP contribution is -2.30. The predicted molar refractivity (Wildman–Crippen MR) is 270 cm³/mol. The van der Waals surface area contributed by atoms with E-state index >= 15 is 0 Å². The number of carbonyl (C=O) groups is 2. The zero-order valence-corrected chi connectivity index (χ0v) is 41.1. The highest BCUT2D eigenvalue weighted by Crippen LogP contribution is 2.15. The van der Waals surface area contributed by atoms with E-state index in [4.69, 9.17) is 14.2 Å². The molecule has 0 aliphatic carbocycles.